The number of pyridine rings is 1. The van der Waals surface area contributed by atoms with E-state index in [1.54, 1.807) is 0 Å². The summed E-state index contributed by atoms with van der Waals surface area (Å²) in [6.07, 6.45) is 0.686. The van der Waals surface area contributed by atoms with Gasteiger partial charge in [-0.1, -0.05) is 54.1 Å². The molecule has 1 heterocycles. The number of benzene rings is 2. The molecule has 106 valence electrons. The van der Waals surface area contributed by atoms with E-state index >= 15 is 0 Å². The molecule has 0 amide bonds. The summed E-state index contributed by atoms with van der Waals surface area (Å²) in [5.41, 5.74) is 5.79. The Hall–Kier alpha value is -1.94. The summed E-state index contributed by atoms with van der Waals surface area (Å²) in [6.45, 7) is 0. The first-order valence-electron chi connectivity index (χ1n) is 6.83. The third kappa shape index (κ3) is 3.05. The first-order valence-corrected chi connectivity index (χ1v) is 7.21. The van der Waals surface area contributed by atoms with E-state index in [0.717, 1.165) is 22.2 Å². The molecule has 21 heavy (non-hydrogen) atoms. The summed E-state index contributed by atoms with van der Waals surface area (Å²) < 4.78 is 0. The monoisotopic (exact) mass is 297 g/mol. The van der Waals surface area contributed by atoms with Crippen LogP contribution < -0.4 is 11.3 Å². The van der Waals surface area contributed by atoms with Gasteiger partial charge in [-0.25, -0.2) is 0 Å². The molecule has 1 unspecified atom stereocenters. The summed E-state index contributed by atoms with van der Waals surface area (Å²) in [7, 11) is 0. The number of nitrogens with one attached hydrogen (secondary N) is 1. The Balaban J connectivity index is 1.90. The van der Waals surface area contributed by atoms with Gasteiger partial charge in [-0.2, -0.15) is 0 Å². The van der Waals surface area contributed by atoms with Crippen LogP contribution in [0.15, 0.2) is 60.7 Å². The smallest absolute Gasteiger partial charge is 0.0705 e. The highest BCUT2D eigenvalue weighted by atomic mass is 35.5. The maximum atomic E-state index is 6.24. The van der Waals surface area contributed by atoms with Gasteiger partial charge < -0.3 is 0 Å². The van der Waals surface area contributed by atoms with Crippen LogP contribution in [0.3, 0.4) is 0 Å². The van der Waals surface area contributed by atoms with Gasteiger partial charge in [0.15, 0.2) is 0 Å². The van der Waals surface area contributed by atoms with Crippen LogP contribution in [0.1, 0.15) is 17.3 Å². The molecule has 2 aromatic carbocycles. The number of hydrazine groups is 1. The molecule has 3 rings (SSSR count). The van der Waals surface area contributed by atoms with Crippen LogP contribution >= 0.6 is 11.6 Å². The maximum absolute atomic E-state index is 6.24. The van der Waals surface area contributed by atoms with Crippen molar-refractivity contribution in [1.82, 2.24) is 10.4 Å². The van der Waals surface area contributed by atoms with Crippen LogP contribution in [-0.4, -0.2) is 4.98 Å². The maximum Gasteiger partial charge on any atom is 0.0705 e. The molecule has 0 saturated heterocycles. The Bertz CT molecular complexity index is 758. The van der Waals surface area contributed by atoms with Gasteiger partial charge in [-0.15, -0.1) is 0 Å². The highest BCUT2D eigenvalue weighted by molar-refractivity contribution is 6.31. The largest absolute Gasteiger partial charge is 0.271 e. The third-order valence-electron chi connectivity index (χ3n) is 3.55. The van der Waals surface area contributed by atoms with Crippen LogP contribution in [-0.2, 0) is 6.42 Å². The molecule has 3 N–H and O–H groups in total. The van der Waals surface area contributed by atoms with Crippen molar-refractivity contribution in [2.24, 2.45) is 5.84 Å². The molecular formula is C17H16ClN3. The minimum atomic E-state index is -0.0626. The van der Waals surface area contributed by atoms with Crippen molar-refractivity contribution in [2.75, 3.05) is 0 Å². The van der Waals surface area contributed by atoms with E-state index in [0.29, 0.717) is 11.4 Å². The average Bonchev–Trinajstić information content (AvgIpc) is 2.53. The number of hydrogen-bond acceptors (Lipinski definition) is 3. The Morgan fingerprint density at radius 1 is 1.00 bits per heavy atom. The molecule has 3 nitrogen and oxygen atoms in total. The summed E-state index contributed by atoms with van der Waals surface area (Å²) in [5.74, 6) is 5.70. The second kappa shape index (κ2) is 6.22. The van der Waals surface area contributed by atoms with E-state index in [1.807, 2.05) is 48.5 Å². The lowest BCUT2D eigenvalue weighted by Gasteiger charge is -2.17. The second-order valence-corrected chi connectivity index (χ2v) is 5.35. The average molecular weight is 298 g/mol. The van der Waals surface area contributed by atoms with Crippen LogP contribution in [0.25, 0.3) is 10.9 Å². The number of nitrogens with zero attached hydrogens (tertiary/aromatic N) is 1. The third-order valence-corrected chi connectivity index (χ3v) is 3.90. The number of aromatic nitrogens is 1. The van der Waals surface area contributed by atoms with E-state index in [2.05, 4.69) is 22.5 Å². The van der Waals surface area contributed by atoms with Gasteiger partial charge in [0.25, 0.3) is 0 Å². The quantitative estimate of drug-likeness (QED) is 0.571. The van der Waals surface area contributed by atoms with E-state index in [4.69, 9.17) is 17.4 Å². The zero-order valence-electron chi connectivity index (χ0n) is 11.5. The van der Waals surface area contributed by atoms with Crippen molar-refractivity contribution in [3.63, 3.8) is 0 Å². The number of fused-ring (bicyclic) bond motifs is 1. The standard InChI is InChI=1S/C17H16ClN3/c18-15-7-3-2-6-14(15)17(21-19)11-13-10-9-12-5-1-4-8-16(12)20-13/h1-10,17,21H,11,19H2. The lowest BCUT2D eigenvalue weighted by Crippen LogP contribution is -2.30. The zero-order chi connectivity index (χ0) is 14.7. The fourth-order valence-corrected chi connectivity index (χ4v) is 2.71. The molecule has 0 spiro atoms. The van der Waals surface area contributed by atoms with Crippen molar-refractivity contribution in [1.29, 1.82) is 0 Å². The molecule has 0 aliphatic carbocycles. The van der Waals surface area contributed by atoms with Gasteiger partial charge in [0.2, 0.25) is 0 Å². The highest BCUT2D eigenvalue weighted by Gasteiger charge is 2.14. The Labute approximate surface area is 128 Å². The van der Waals surface area contributed by atoms with E-state index in [9.17, 15) is 0 Å². The molecule has 1 aromatic heterocycles. The number of halogens is 1. The predicted molar refractivity (Wildman–Crippen MR) is 87.0 cm³/mol. The van der Waals surface area contributed by atoms with Crippen LogP contribution in [0.5, 0.6) is 0 Å². The van der Waals surface area contributed by atoms with Crippen LogP contribution in [0.2, 0.25) is 5.02 Å². The second-order valence-electron chi connectivity index (χ2n) is 4.94. The predicted octanol–water partition coefficient (Wildman–Crippen LogP) is 3.64. The van der Waals surface area contributed by atoms with Crippen LogP contribution in [0.4, 0.5) is 0 Å². The van der Waals surface area contributed by atoms with Crippen molar-refractivity contribution in [3.05, 3.63) is 76.9 Å². The Morgan fingerprint density at radius 3 is 2.57 bits per heavy atom. The first kappa shape index (κ1) is 14.0. The summed E-state index contributed by atoms with van der Waals surface area (Å²) in [6, 6.07) is 19.8. The first-order chi connectivity index (χ1) is 10.3. The fourth-order valence-electron chi connectivity index (χ4n) is 2.45. The summed E-state index contributed by atoms with van der Waals surface area (Å²) in [4.78, 5) is 4.68. The number of hydrogen-bond donors (Lipinski definition) is 2. The number of rotatable bonds is 4. The molecule has 1 atom stereocenters. The summed E-state index contributed by atoms with van der Waals surface area (Å²) in [5, 5.41) is 1.84. The number of nitrogens with two attached hydrogens (primary N) is 1. The van der Waals surface area contributed by atoms with Crippen molar-refractivity contribution >= 4 is 22.5 Å². The molecule has 3 aromatic rings. The Kier molecular flexibility index (Phi) is 4.15. The van der Waals surface area contributed by atoms with Gasteiger partial charge in [-0.3, -0.25) is 16.3 Å². The molecule has 4 heteroatoms. The van der Waals surface area contributed by atoms with Gasteiger partial charge in [0.1, 0.15) is 0 Å². The van der Waals surface area contributed by atoms with Crippen molar-refractivity contribution in [2.45, 2.75) is 12.5 Å². The molecule has 0 saturated carbocycles. The molecule has 0 fully saturated rings. The lowest BCUT2D eigenvalue weighted by atomic mass is 10.0. The van der Waals surface area contributed by atoms with Gasteiger partial charge in [0, 0.05) is 22.5 Å². The molecule has 0 aliphatic heterocycles. The van der Waals surface area contributed by atoms with Gasteiger partial charge >= 0.3 is 0 Å². The topological polar surface area (TPSA) is 50.9 Å². The van der Waals surface area contributed by atoms with Gasteiger partial charge in [-0.05, 0) is 23.8 Å². The van der Waals surface area contributed by atoms with Crippen molar-refractivity contribution < 1.29 is 0 Å². The molecular weight excluding hydrogens is 282 g/mol. The van der Waals surface area contributed by atoms with E-state index < -0.39 is 0 Å². The van der Waals surface area contributed by atoms with Gasteiger partial charge in [0.05, 0.1) is 11.6 Å². The lowest BCUT2D eigenvalue weighted by molar-refractivity contribution is 0.547. The fraction of sp³-hybridized carbons (Fsp3) is 0.118. The Morgan fingerprint density at radius 2 is 1.76 bits per heavy atom. The summed E-state index contributed by atoms with van der Waals surface area (Å²) >= 11 is 6.24. The highest BCUT2D eigenvalue weighted by Crippen LogP contribution is 2.25. The minimum absolute atomic E-state index is 0.0626. The minimum Gasteiger partial charge on any atom is -0.271 e. The normalized spacial score (nSPS) is 12.5. The molecule has 0 radical (unpaired) electrons. The number of para-hydroxylation sites is 1. The molecule has 0 aliphatic rings. The van der Waals surface area contributed by atoms with E-state index in [-0.39, 0.29) is 6.04 Å². The van der Waals surface area contributed by atoms with Crippen LogP contribution in [0, 0.1) is 0 Å². The zero-order valence-corrected chi connectivity index (χ0v) is 12.2. The van der Waals surface area contributed by atoms with Crippen molar-refractivity contribution in [3.8, 4) is 0 Å². The SMILES string of the molecule is NNC(Cc1ccc2ccccc2n1)c1ccccc1Cl. The molecule has 0 bridgehead atoms. The van der Waals surface area contributed by atoms with E-state index in [1.165, 1.54) is 0 Å².